The van der Waals surface area contributed by atoms with Crippen molar-refractivity contribution < 1.29 is 0 Å². The molecule has 3 heterocycles. The van der Waals surface area contributed by atoms with Gasteiger partial charge in [-0.1, -0.05) is 35.3 Å². The third-order valence-corrected chi connectivity index (χ3v) is 6.12. The minimum absolute atomic E-state index is 0.111. The lowest BCUT2D eigenvalue weighted by atomic mass is 9.99. The van der Waals surface area contributed by atoms with Crippen molar-refractivity contribution in [3.8, 4) is 5.69 Å². The van der Waals surface area contributed by atoms with Crippen molar-refractivity contribution in [2.45, 2.75) is 13.0 Å². The van der Waals surface area contributed by atoms with Gasteiger partial charge in [-0.15, -0.1) is 0 Å². The number of hydrogen-bond donors (Lipinski definition) is 2. The van der Waals surface area contributed by atoms with Crippen LogP contribution >= 0.6 is 23.2 Å². The fraction of sp³-hybridized carbons (Fsp3) is 0.182. The van der Waals surface area contributed by atoms with Crippen LogP contribution in [-0.2, 0) is 13.0 Å². The van der Waals surface area contributed by atoms with Gasteiger partial charge in [0.2, 0.25) is 5.95 Å². The molecule has 2 aromatic carbocycles. The summed E-state index contributed by atoms with van der Waals surface area (Å²) in [7, 11) is 2.12. The van der Waals surface area contributed by atoms with E-state index in [1.165, 1.54) is 21.9 Å². The van der Waals surface area contributed by atoms with Crippen LogP contribution in [0.2, 0.25) is 10.0 Å². The third-order valence-electron chi connectivity index (χ3n) is 5.51. The molecule has 3 N–H and O–H groups in total. The van der Waals surface area contributed by atoms with E-state index in [1.807, 2.05) is 6.07 Å². The number of nitrogen functional groups attached to an aromatic ring is 1. The van der Waals surface area contributed by atoms with Gasteiger partial charge in [-0.25, -0.2) is 14.3 Å². The van der Waals surface area contributed by atoms with Crippen molar-refractivity contribution in [1.82, 2.24) is 24.4 Å². The Morgan fingerprint density at radius 1 is 1.09 bits per heavy atom. The molecule has 0 bridgehead atoms. The van der Waals surface area contributed by atoms with Gasteiger partial charge < -0.3 is 16.0 Å². The Morgan fingerprint density at radius 3 is 2.66 bits per heavy atom. The van der Waals surface area contributed by atoms with Crippen LogP contribution in [0, 0.1) is 0 Å². The number of nitrogens with two attached hydrogens (primary N) is 1. The number of nitrogens with zero attached hydrogens (tertiary/aromatic N) is 5. The van der Waals surface area contributed by atoms with Crippen LogP contribution in [0.25, 0.3) is 16.7 Å². The summed E-state index contributed by atoms with van der Waals surface area (Å²) in [5.41, 5.74) is 9.60. The number of likely N-dealkylation sites (N-methyl/N-ethyl adjacent to an activating group) is 1. The highest BCUT2D eigenvalue weighted by atomic mass is 35.5. The van der Waals surface area contributed by atoms with Crippen molar-refractivity contribution in [3.05, 3.63) is 74.3 Å². The molecule has 0 saturated carbocycles. The second-order valence-electron chi connectivity index (χ2n) is 7.71. The lowest BCUT2D eigenvalue weighted by Crippen LogP contribution is -2.26. The van der Waals surface area contributed by atoms with E-state index in [2.05, 4.69) is 44.3 Å². The molecule has 0 aliphatic carbocycles. The maximum Gasteiger partial charge on any atom is 0.355 e. The number of para-hydroxylation sites is 1. The van der Waals surface area contributed by atoms with Gasteiger partial charge in [0, 0.05) is 25.0 Å². The van der Waals surface area contributed by atoms with Crippen LogP contribution in [-0.4, -0.2) is 38.0 Å². The molecule has 5 rings (SSSR count). The zero-order valence-corrected chi connectivity index (χ0v) is 18.7. The van der Waals surface area contributed by atoms with E-state index in [4.69, 9.17) is 28.9 Å². The SMILES string of the molecule is CN1CCc2cc(Nc3ncc4c(N)n(-c5c(Cl)cccc5Cl)c(=O)nc4n3)ccc2C1. The summed E-state index contributed by atoms with van der Waals surface area (Å²) in [6.07, 6.45) is 2.52. The first-order chi connectivity index (χ1) is 15.4. The molecule has 0 saturated heterocycles. The molecule has 1 aliphatic rings. The Kier molecular flexibility index (Phi) is 5.21. The molecule has 0 atom stereocenters. The monoisotopic (exact) mass is 467 g/mol. The van der Waals surface area contributed by atoms with Crippen LogP contribution in [0.4, 0.5) is 17.5 Å². The zero-order chi connectivity index (χ0) is 22.4. The van der Waals surface area contributed by atoms with Gasteiger partial charge in [0.05, 0.1) is 21.1 Å². The van der Waals surface area contributed by atoms with Gasteiger partial charge in [-0.05, 0) is 48.9 Å². The minimum atomic E-state index is -0.632. The first kappa shape index (κ1) is 20.7. The molecule has 2 aromatic heterocycles. The maximum absolute atomic E-state index is 12.8. The van der Waals surface area contributed by atoms with Crippen LogP contribution in [0.15, 0.2) is 47.4 Å². The number of anilines is 3. The van der Waals surface area contributed by atoms with E-state index in [0.29, 0.717) is 11.3 Å². The molecule has 0 radical (unpaired) electrons. The van der Waals surface area contributed by atoms with Crippen LogP contribution in [0.5, 0.6) is 0 Å². The van der Waals surface area contributed by atoms with Crippen molar-refractivity contribution in [3.63, 3.8) is 0 Å². The van der Waals surface area contributed by atoms with Crippen molar-refractivity contribution in [2.75, 3.05) is 24.6 Å². The maximum atomic E-state index is 12.8. The number of fused-ring (bicyclic) bond motifs is 2. The molecular weight excluding hydrogens is 449 g/mol. The summed E-state index contributed by atoms with van der Waals surface area (Å²) >= 11 is 12.5. The number of halogens is 2. The second-order valence-corrected chi connectivity index (χ2v) is 8.53. The Balaban J connectivity index is 1.52. The molecule has 0 fully saturated rings. The summed E-state index contributed by atoms with van der Waals surface area (Å²) in [4.78, 5) is 27.9. The van der Waals surface area contributed by atoms with Gasteiger partial charge in [-0.2, -0.15) is 9.97 Å². The molecule has 8 nitrogen and oxygen atoms in total. The van der Waals surface area contributed by atoms with Gasteiger partial charge in [-0.3, -0.25) is 0 Å². The number of nitrogens with one attached hydrogen (secondary N) is 1. The fourth-order valence-corrected chi connectivity index (χ4v) is 4.45. The molecular formula is C22H19Cl2N7O. The normalized spacial score (nSPS) is 13.8. The number of rotatable bonds is 3. The zero-order valence-electron chi connectivity index (χ0n) is 17.1. The van der Waals surface area contributed by atoms with Gasteiger partial charge >= 0.3 is 5.69 Å². The van der Waals surface area contributed by atoms with E-state index in [1.54, 1.807) is 18.2 Å². The number of hydrogen-bond acceptors (Lipinski definition) is 7. The molecule has 32 heavy (non-hydrogen) atoms. The van der Waals surface area contributed by atoms with E-state index < -0.39 is 5.69 Å². The van der Waals surface area contributed by atoms with E-state index in [9.17, 15) is 4.79 Å². The summed E-state index contributed by atoms with van der Waals surface area (Å²) in [5.74, 6) is 0.435. The molecule has 162 valence electrons. The van der Waals surface area contributed by atoms with Crippen LogP contribution in [0.1, 0.15) is 11.1 Å². The molecule has 10 heteroatoms. The smallest absolute Gasteiger partial charge is 0.355 e. The highest BCUT2D eigenvalue weighted by molar-refractivity contribution is 6.37. The van der Waals surface area contributed by atoms with E-state index in [-0.39, 0.29) is 27.2 Å². The quantitative estimate of drug-likeness (QED) is 0.472. The van der Waals surface area contributed by atoms with E-state index in [0.717, 1.165) is 25.2 Å². The van der Waals surface area contributed by atoms with Gasteiger partial charge in [0.25, 0.3) is 0 Å². The Morgan fingerprint density at radius 2 is 1.88 bits per heavy atom. The predicted molar refractivity (Wildman–Crippen MR) is 127 cm³/mol. The molecule has 0 spiro atoms. The third kappa shape index (κ3) is 3.66. The molecule has 4 aromatic rings. The second kappa shape index (κ2) is 8.05. The summed E-state index contributed by atoms with van der Waals surface area (Å²) in [6.45, 7) is 1.96. The number of benzene rings is 2. The van der Waals surface area contributed by atoms with Crippen molar-refractivity contribution in [1.29, 1.82) is 0 Å². The van der Waals surface area contributed by atoms with Crippen LogP contribution < -0.4 is 16.7 Å². The van der Waals surface area contributed by atoms with Crippen LogP contribution in [0.3, 0.4) is 0 Å². The Bertz CT molecular complexity index is 1400. The lowest BCUT2D eigenvalue weighted by molar-refractivity contribution is 0.313. The van der Waals surface area contributed by atoms with Gasteiger partial charge in [0.15, 0.2) is 5.65 Å². The molecule has 1 aliphatic heterocycles. The number of aromatic nitrogens is 4. The average Bonchev–Trinajstić information content (AvgIpc) is 2.75. The standard InChI is InChI=1S/C22H19Cl2N7O/c1-30-8-7-12-9-14(6-5-13(12)11-30)27-21-26-10-15-19(25)31(22(32)29-20(15)28-21)18-16(23)3-2-4-17(18)24/h2-6,9-10H,7-8,11,25H2,1H3,(H,27,28,29,32). The highest BCUT2D eigenvalue weighted by Crippen LogP contribution is 2.30. The van der Waals surface area contributed by atoms with E-state index >= 15 is 0 Å². The fourth-order valence-electron chi connectivity index (χ4n) is 3.88. The van der Waals surface area contributed by atoms with Crippen molar-refractivity contribution in [2.24, 2.45) is 0 Å². The van der Waals surface area contributed by atoms with Gasteiger partial charge in [0.1, 0.15) is 5.82 Å². The largest absolute Gasteiger partial charge is 0.384 e. The Labute approximate surface area is 193 Å². The minimum Gasteiger partial charge on any atom is -0.384 e. The molecule has 0 unspecified atom stereocenters. The summed E-state index contributed by atoms with van der Waals surface area (Å²) in [6, 6.07) is 11.1. The average molecular weight is 468 g/mol. The highest BCUT2D eigenvalue weighted by Gasteiger charge is 2.18. The summed E-state index contributed by atoms with van der Waals surface area (Å²) < 4.78 is 1.17. The first-order valence-corrected chi connectivity index (χ1v) is 10.7. The predicted octanol–water partition coefficient (Wildman–Crippen LogP) is 3.80. The molecule has 0 amide bonds. The van der Waals surface area contributed by atoms with Crippen molar-refractivity contribution >= 4 is 51.7 Å². The first-order valence-electron chi connectivity index (χ1n) is 9.98. The lowest BCUT2D eigenvalue weighted by Gasteiger charge is -2.25. The summed E-state index contributed by atoms with van der Waals surface area (Å²) in [5, 5.41) is 4.17. The topological polar surface area (TPSA) is 102 Å². The Hall–Kier alpha value is -3.20.